The van der Waals surface area contributed by atoms with Gasteiger partial charge in [-0.25, -0.2) is 0 Å². The Kier molecular flexibility index (Phi) is 7.97. The lowest BCUT2D eigenvalue weighted by atomic mass is 10.1. The maximum Gasteiger partial charge on any atom is 0.325 e. The zero-order chi connectivity index (χ0) is 22.8. The van der Waals surface area contributed by atoms with Gasteiger partial charge in [0.15, 0.2) is 6.61 Å². The van der Waals surface area contributed by atoms with Crippen LogP contribution < -0.4 is 15.4 Å². The van der Waals surface area contributed by atoms with Crippen LogP contribution in [0.1, 0.15) is 22.8 Å². The number of carbonyl (C=O) groups excluding carboxylic acids is 3. The molecule has 2 N–H and O–H groups in total. The standard InChI is InChI=1S/C25H24N2O5/c1-2-18-8-12-20(13-9-18)27-23(28)17-31-24(29)16-26-25(30)19-10-14-22(15-11-19)32-21-6-4-3-5-7-21/h3-15H,2,16-17H2,1H3,(H,26,30)(H,27,28). The van der Waals surface area contributed by atoms with Crippen LogP contribution in [0.4, 0.5) is 5.69 Å². The van der Waals surface area contributed by atoms with E-state index in [4.69, 9.17) is 9.47 Å². The highest BCUT2D eigenvalue weighted by Gasteiger charge is 2.11. The zero-order valence-corrected chi connectivity index (χ0v) is 17.7. The summed E-state index contributed by atoms with van der Waals surface area (Å²) < 4.78 is 10.6. The minimum absolute atomic E-state index is 0.348. The summed E-state index contributed by atoms with van der Waals surface area (Å²) >= 11 is 0. The Hall–Kier alpha value is -4.13. The van der Waals surface area contributed by atoms with E-state index in [1.54, 1.807) is 36.4 Å². The minimum Gasteiger partial charge on any atom is -0.457 e. The van der Waals surface area contributed by atoms with Crippen molar-refractivity contribution in [2.75, 3.05) is 18.5 Å². The lowest BCUT2D eigenvalue weighted by molar-refractivity contribution is -0.146. The molecule has 164 valence electrons. The SMILES string of the molecule is CCc1ccc(NC(=O)COC(=O)CNC(=O)c2ccc(Oc3ccccc3)cc2)cc1. The van der Waals surface area contributed by atoms with Crippen molar-refractivity contribution in [2.24, 2.45) is 0 Å². The summed E-state index contributed by atoms with van der Waals surface area (Å²) in [5.41, 5.74) is 2.14. The van der Waals surface area contributed by atoms with Crippen LogP contribution in [-0.4, -0.2) is 30.9 Å². The molecule has 0 atom stereocenters. The van der Waals surface area contributed by atoms with Crippen molar-refractivity contribution in [1.82, 2.24) is 5.32 Å². The molecule has 7 heteroatoms. The van der Waals surface area contributed by atoms with Gasteiger partial charge < -0.3 is 20.1 Å². The molecule has 0 saturated carbocycles. The molecule has 0 bridgehead atoms. The summed E-state index contributed by atoms with van der Waals surface area (Å²) in [4.78, 5) is 36.0. The topological polar surface area (TPSA) is 93.7 Å². The number of aryl methyl sites for hydroxylation is 1. The van der Waals surface area contributed by atoms with Crippen LogP contribution in [0.2, 0.25) is 0 Å². The normalized spacial score (nSPS) is 10.2. The molecular formula is C25H24N2O5. The Bertz CT molecular complexity index is 1050. The monoisotopic (exact) mass is 432 g/mol. The zero-order valence-electron chi connectivity index (χ0n) is 17.7. The number of ether oxygens (including phenoxy) is 2. The van der Waals surface area contributed by atoms with E-state index in [0.29, 0.717) is 22.7 Å². The third-order valence-corrected chi connectivity index (χ3v) is 4.50. The number of benzene rings is 3. The summed E-state index contributed by atoms with van der Waals surface area (Å²) in [6.45, 7) is 1.26. The Morgan fingerprint density at radius 2 is 1.47 bits per heavy atom. The van der Waals surface area contributed by atoms with Gasteiger partial charge in [0.1, 0.15) is 18.0 Å². The highest BCUT2D eigenvalue weighted by molar-refractivity contribution is 5.96. The van der Waals surface area contributed by atoms with Gasteiger partial charge >= 0.3 is 5.97 Å². The van der Waals surface area contributed by atoms with Gasteiger partial charge in [-0.05, 0) is 60.5 Å². The number of anilines is 1. The molecule has 0 radical (unpaired) electrons. The van der Waals surface area contributed by atoms with Gasteiger partial charge in [-0.15, -0.1) is 0 Å². The molecule has 3 aromatic rings. The van der Waals surface area contributed by atoms with E-state index in [1.807, 2.05) is 49.4 Å². The van der Waals surface area contributed by atoms with Gasteiger partial charge in [0.2, 0.25) is 0 Å². The summed E-state index contributed by atoms with van der Waals surface area (Å²) in [6.07, 6.45) is 0.906. The van der Waals surface area contributed by atoms with Crippen molar-refractivity contribution in [2.45, 2.75) is 13.3 Å². The lowest BCUT2D eigenvalue weighted by Crippen LogP contribution is -2.32. The summed E-state index contributed by atoms with van der Waals surface area (Å²) in [5, 5.41) is 5.11. The minimum atomic E-state index is -0.709. The van der Waals surface area contributed by atoms with Gasteiger partial charge in [-0.2, -0.15) is 0 Å². The second kappa shape index (κ2) is 11.3. The average molecular weight is 432 g/mol. The van der Waals surface area contributed by atoms with E-state index in [1.165, 1.54) is 0 Å². The molecule has 3 aromatic carbocycles. The number of hydrogen-bond donors (Lipinski definition) is 2. The van der Waals surface area contributed by atoms with E-state index in [9.17, 15) is 14.4 Å². The van der Waals surface area contributed by atoms with E-state index >= 15 is 0 Å². The molecule has 32 heavy (non-hydrogen) atoms. The van der Waals surface area contributed by atoms with Crippen LogP contribution in [0.25, 0.3) is 0 Å². The second-order valence-electron chi connectivity index (χ2n) is 6.88. The number of para-hydroxylation sites is 1. The number of amides is 2. The fourth-order valence-corrected chi connectivity index (χ4v) is 2.77. The van der Waals surface area contributed by atoms with Crippen molar-refractivity contribution in [3.05, 3.63) is 90.0 Å². The molecule has 0 aliphatic carbocycles. The quantitative estimate of drug-likeness (QED) is 0.500. The molecule has 2 amide bonds. The highest BCUT2D eigenvalue weighted by atomic mass is 16.5. The summed E-state index contributed by atoms with van der Waals surface area (Å²) in [5.74, 6) is -0.326. The first-order valence-electron chi connectivity index (χ1n) is 10.2. The highest BCUT2D eigenvalue weighted by Crippen LogP contribution is 2.21. The molecule has 7 nitrogen and oxygen atoms in total. The van der Waals surface area contributed by atoms with Crippen molar-refractivity contribution in [1.29, 1.82) is 0 Å². The van der Waals surface area contributed by atoms with Crippen LogP contribution in [0.5, 0.6) is 11.5 Å². The number of carbonyl (C=O) groups is 3. The predicted molar refractivity (Wildman–Crippen MR) is 121 cm³/mol. The Labute approximate surface area is 186 Å². The molecular weight excluding hydrogens is 408 g/mol. The van der Waals surface area contributed by atoms with Crippen molar-refractivity contribution < 1.29 is 23.9 Å². The molecule has 0 heterocycles. The summed E-state index contributed by atoms with van der Waals surface area (Å²) in [6, 6.07) is 23.2. The molecule has 0 spiro atoms. The Balaban J connectivity index is 1.39. The fraction of sp³-hybridized carbons (Fsp3) is 0.160. The van der Waals surface area contributed by atoms with Crippen molar-refractivity contribution in [3.63, 3.8) is 0 Å². The molecule has 0 fully saturated rings. The van der Waals surface area contributed by atoms with E-state index in [2.05, 4.69) is 10.6 Å². The molecule has 0 aromatic heterocycles. The third-order valence-electron chi connectivity index (χ3n) is 4.50. The van der Waals surface area contributed by atoms with Gasteiger partial charge in [0.25, 0.3) is 11.8 Å². The van der Waals surface area contributed by atoms with Gasteiger partial charge in [-0.3, -0.25) is 14.4 Å². The fourth-order valence-electron chi connectivity index (χ4n) is 2.77. The van der Waals surface area contributed by atoms with E-state index in [0.717, 1.165) is 12.0 Å². The molecule has 0 saturated heterocycles. The first-order valence-corrected chi connectivity index (χ1v) is 10.2. The van der Waals surface area contributed by atoms with E-state index < -0.39 is 24.4 Å². The predicted octanol–water partition coefficient (Wildman–Crippen LogP) is 3.95. The maximum absolute atomic E-state index is 12.2. The third kappa shape index (κ3) is 6.98. The van der Waals surface area contributed by atoms with Gasteiger partial charge in [0.05, 0.1) is 0 Å². The molecule has 0 aliphatic rings. The lowest BCUT2D eigenvalue weighted by Gasteiger charge is -2.09. The molecule has 0 unspecified atom stereocenters. The largest absolute Gasteiger partial charge is 0.457 e. The van der Waals surface area contributed by atoms with Gasteiger partial charge in [0, 0.05) is 11.3 Å². The number of rotatable bonds is 9. The molecule has 3 rings (SSSR count). The Morgan fingerprint density at radius 3 is 2.12 bits per heavy atom. The number of hydrogen-bond acceptors (Lipinski definition) is 5. The molecule has 0 aliphatic heterocycles. The van der Waals surface area contributed by atoms with Gasteiger partial charge in [-0.1, -0.05) is 37.3 Å². The first-order chi connectivity index (χ1) is 15.5. The van der Waals surface area contributed by atoms with E-state index in [-0.39, 0.29) is 6.54 Å². The maximum atomic E-state index is 12.2. The van der Waals surface area contributed by atoms with Crippen LogP contribution >= 0.6 is 0 Å². The van der Waals surface area contributed by atoms with Crippen LogP contribution in [-0.2, 0) is 20.7 Å². The number of esters is 1. The van der Waals surface area contributed by atoms with Crippen molar-refractivity contribution >= 4 is 23.5 Å². The van der Waals surface area contributed by atoms with Crippen LogP contribution in [0.15, 0.2) is 78.9 Å². The van der Waals surface area contributed by atoms with Crippen LogP contribution in [0.3, 0.4) is 0 Å². The number of nitrogens with one attached hydrogen (secondary N) is 2. The Morgan fingerprint density at radius 1 is 0.812 bits per heavy atom. The summed E-state index contributed by atoms with van der Waals surface area (Å²) in [7, 11) is 0. The smallest absolute Gasteiger partial charge is 0.325 e. The van der Waals surface area contributed by atoms with Crippen molar-refractivity contribution in [3.8, 4) is 11.5 Å². The second-order valence-corrected chi connectivity index (χ2v) is 6.88. The average Bonchev–Trinajstić information content (AvgIpc) is 2.83. The van der Waals surface area contributed by atoms with Crippen LogP contribution in [0, 0.1) is 0 Å². The first kappa shape index (κ1) is 22.6.